The largest absolute Gasteiger partial charge is 0.288 e. The third kappa shape index (κ3) is 5.37. The molecule has 1 heterocycles. The van der Waals surface area contributed by atoms with E-state index in [-0.39, 0.29) is 23.2 Å². The molecular weight excluding hydrogens is 416 g/mol. The first-order valence-corrected chi connectivity index (χ1v) is 10.3. The molecule has 3 N–H and O–H groups in total. The zero-order chi connectivity index (χ0) is 21.7. The summed E-state index contributed by atoms with van der Waals surface area (Å²) in [7, 11) is -3.97. The highest BCUT2D eigenvalue weighted by atomic mass is 32.2. The Kier molecular flexibility index (Phi) is 6.38. The second kappa shape index (κ2) is 8.97. The molecule has 0 unspecified atom stereocenters. The number of nitrogens with one attached hydrogen (secondary N) is 2. The van der Waals surface area contributed by atoms with Gasteiger partial charge in [0.05, 0.1) is 11.4 Å². The number of nitrogens with zero attached hydrogens (tertiary/aromatic N) is 1. The van der Waals surface area contributed by atoms with Crippen molar-refractivity contribution < 1.29 is 27.2 Å². The van der Waals surface area contributed by atoms with Gasteiger partial charge in [-0.1, -0.05) is 18.2 Å². The first-order chi connectivity index (χ1) is 14.3. The van der Waals surface area contributed by atoms with Crippen molar-refractivity contribution in [1.82, 2.24) is 10.5 Å². The Labute approximate surface area is 171 Å². The number of hydrogen-bond acceptors (Lipinski definition) is 5. The predicted octanol–water partition coefficient (Wildman–Crippen LogP) is 3.01. The smallest absolute Gasteiger partial charge is 0.274 e. The number of carbonyl (C=O) groups is 1. The lowest BCUT2D eigenvalue weighted by atomic mass is 10.1. The molecule has 156 valence electrons. The van der Waals surface area contributed by atoms with Crippen molar-refractivity contribution in [3.05, 3.63) is 94.8 Å². The van der Waals surface area contributed by atoms with Crippen molar-refractivity contribution in [1.29, 1.82) is 0 Å². The Balaban J connectivity index is 1.74. The van der Waals surface area contributed by atoms with Gasteiger partial charge in [0.2, 0.25) is 10.0 Å². The molecule has 7 nitrogen and oxygen atoms in total. The molecule has 3 rings (SSSR count). The molecule has 0 radical (unpaired) electrons. The lowest BCUT2D eigenvalue weighted by molar-refractivity contribution is 0.0706. The number of amides is 1. The number of hydrogen-bond donors (Lipinski definition) is 3. The minimum Gasteiger partial charge on any atom is -0.288 e. The van der Waals surface area contributed by atoms with E-state index in [2.05, 4.69) is 9.71 Å². The fraction of sp³-hybridized carbons (Fsp3) is 0.100. The number of anilines is 1. The number of rotatable bonds is 7. The molecule has 0 saturated carbocycles. The van der Waals surface area contributed by atoms with Gasteiger partial charge in [0, 0.05) is 29.9 Å². The van der Waals surface area contributed by atoms with Crippen molar-refractivity contribution >= 4 is 21.6 Å². The second-order valence-corrected chi connectivity index (χ2v) is 8.18. The van der Waals surface area contributed by atoms with Crippen molar-refractivity contribution in [2.75, 3.05) is 4.72 Å². The van der Waals surface area contributed by atoms with E-state index >= 15 is 0 Å². The van der Waals surface area contributed by atoms with E-state index in [4.69, 9.17) is 5.21 Å². The Morgan fingerprint density at radius 2 is 1.70 bits per heavy atom. The third-order valence-corrected chi connectivity index (χ3v) is 5.45. The first kappa shape index (κ1) is 21.3. The molecule has 0 saturated heterocycles. The number of carbonyl (C=O) groups excluding carboxylic acids is 1. The zero-order valence-corrected chi connectivity index (χ0v) is 16.3. The molecular formula is C20H17F2N3O4S. The van der Waals surface area contributed by atoms with Gasteiger partial charge in [-0.25, -0.2) is 22.7 Å². The maximum Gasteiger partial charge on any atom is 0.274 e. The number of benzene rings is 2. The van der Waals surface area contributed by atoms with Gasteiger partial charge >= 0.3 is 0 Å². The molecule has 0 aliphatic rings. The van der Waals surface area contributed by atoms with Gasteiger partial charge in [-0.15, -0.1) is 0 Å². The quantitative estimate of drug-likeness (QED) is 0.392. The van der Waals surface area contributed by atoms with Crippen LogP contribution in [0.5, 0.6) is 0 Å². The lowest BCUT2D eigenvalue weighted by Gasteiger charge is -2.11. The van der Waals surface area contributed by atoms with Crippen LogP contribution in [0.1, 0.15) is 27.0 Å². The van der Waals surface area contributed by atoms with E-state index in [1.54, 1.807) is 18.3 Å². The van der Waals surface area contributed by atoms with Crippen LogP contribution in [-0.2, 0) is 22.2 Å². The molecule has 1 amide bonds. The topological polar surface area (TPSA) is 108 Å². The van der Waals surface area contributed by atoms with Crippen LogP contribution in [-0.4, -0.2) is 24.5 Å². The molecule has 10 heteroatoms. The van der Waals surface area contributed by atoms with E-state index in [0.717, 1.165) is 12.1 Å². The monoisotopic (exact) mass is 433 g/mol. The summed E-state index contributed by atoms with van der Waals surface area (Å²) >= 11 is 0. The summed E-state index contributed by atoms with van der Waals surface area (Å²) in [5.41, 5.74) is 2.13. The maximum absolute atomic E-state index is 14.4. The highest BCUT2D eigenvalue weighted by Gasteiger charge is 2.17. The molecule has 30 heavy (non-hydrogen) atoms. The lowest BCUT2D eigenvalue weighted by Crippen LogP contribution is -2.19. The Hall–Kier alpha value is -3.37. The third-order valence-electron chi connectivity index (χ3n) is 4.19. The SMILES string of the molecule is O=C(NO)c1ccc(CS(=O)(=O)Nc2cc(F)c(Cc3cccnc3)c(F)c2)cc1. The van der Waals surface area contributed by atoms with Crippen LogP contribution in [0.25, 0.3) is 0 Å². The molecule has 0 aliphatic carbocycles. The molecule has 1 aromatic heterocycles. The van der Waals surface area contributed by atoms with Gasteiger partial charge in [0.1, 0.15) is 11.6 Å². The minimum absolute atomic E-state index is 0.0215. The van der Waals surface area contributed by atoms with Gasteiger partial charge in [-0.05, 0) is 41.5 Å². The van der Waals surface area contributed by atoms with Gasteiger partial charge in [-0.2, -0.15) is 0 Å². The van der Waals surface area contributed by atoms with Crippen LogP contribution in [0.3, 0.4) is 0 Å². The van der Waals surface area contributed by atoms with Gasteiger partial charge < -0.3 is 0 Å². The van der Waals surface area contributed by atoms with E-state index < -0.39 is 33.3 Å². The highest BCUT2D eigenvalue weighted by Crippen LogP contribution is 2.23. The van der Waals surface area contributed by atoms with Gasteiger partial charge in [0.25, 0.3) is 5.91 Å². The van der Waals surface area contributed by atoms with Gasteiger partial charge in [-0.3, -0.25) is 19.7 Å². The summed E-state index contributed by atoms with van der Waals surface area (Å²) < 4.78 is 55.7. The van der Waals surface area contributed by atoms with Crippen molar-refractivity contribution in [3.8, 4) is 0 Å². The predicted molar refractivity (Wildman–Crippen MR) is 105 cm³/mol. The standard InChI is InChI=1S/C20H17F2N3O4S/c21-18-9-16(10-19(22)17(18)8-14-2-1-7-23-11-14)25-30(28,29)12-13-3-5-15(6-4-13)20(26)24-27/h1-7,9-11,25,27H,8,12H2,(H,24,26). The molecule has 3 aromatic rings. The van der Waals surface area contributed by atoms with Crippen LogP contribution in [0.2, 0.25) is 0 Å². The van der Waals surface area contributed by atoms with Crippen molar-refractivity contribution in [2.45, 2.75) is 12.2 Å². The summed E-state index contributed by atoms with van der Waals surface area (Å²) in [4.78, 5) is 15.2. The van der Waals surface area contributed by atoms with E-state index in [1.807, 2.05) is 0 Å². The number of sulfonamides is 1. The Morgan fingerprint density at radius 3 is 2.27 bits per heavy atom. The van der Waals surface area contributed by atoms with E-state index in [1.165, 1.54) is 35.9 Å². The molecule has 0 bridgehead atoms. The average Bonchev–Trinajstić information content (AvgIpc) is 2.71. The normalized spacial score (nSPS) is 11.2. The summed E-state index contributed by atoms with van der Waals surface area (Å²) in [6, 6.07) is 10.6. The number of aromatic nitrogens is 1. The first-order valence-electron chi connectivity index (χ1n) is 8.68. The average molecular weight is 433 g/mol. The molecule has 0 atom stereocenters. The summed E-state index contributed by atoms with van der Waals surface area (Å²) in [6.07, 6.45) is 3.01. The number of pyridine rings is 1. The maximum atomic E-state index is 14.4. The fourth-order valence-corrected chi connectivity index (χ4v) is 3.97. The molecule has 0 fully saturated rings. The second-order valence-electron chi connectivity index (χ2n) is 6.46. The fourth-order valence-electron chi connectivity index (χ4n) is 2.79. The van der Waals surface area contributed by atoms with Crippen molar-refractivity contribution in [2.24, 2.45) is 0 Å². The van der Waals surface area contributed by atoms with Crippen LogP contribution in [0.15, 0.2) is 60.9 Å². The van der Waals surface area contributed by atoms with Crippen LogP contribution in [0.4, 0.5) is 14.5 Å². The number of halogens is 2. The molecule has 0 aliphatic heterocycles. The Morgan fingerprint density at radius 1 is 1.03 bits per heavy atom. The zero-order valence-electron chi connectivity index (χ0n) is 15.5. The van der Waals surface area contributed by atoms with Crippen LogP contribution < -0.4 is 10.2 Å². The summed E-state index contributed by atoms with van der Waals surface area (Å²) in [5, 5.41) is 8.59. The van der Waals surface area contributed by atoms with Crippen LogP contribution >= 0.6 is 0 Å². The highest BCUT2D eigenvalue weighted by molar-refractivity contribution is 7.91. The van der Waals surface area contributed by atoms with Crippen molar-refractivity contribution in [3.63, 3.8) is 0 Å². The minimum atomic E-state index is -3.97. The summed E-state index contributed by atoms with van der Waals surface area (Å²) in [6.45, 7) is 0. The van der Waals surface area contributed by atoms with Gasteiger partial charge in [0.15, 0.2) is 0 Å². The molecule has 0 spiro atoms. The number of hydroxylamine groups is 1. The van der Waals surface area contributed by atoms with E-state index in [9.17, 15) is 22.0 Å². The summed E-state index contributed by atoms with van der Waals surface area (Å²) in [5.74, 6) is -2.97. The van der Waals surface area contributed by atoms with Crippen LogP contribution in [0, 0.1) is 11.6 Å². The Bertz CT molecular complexity index is 1130. The van der Waals surface area contributed by atoms with E-state index in [0.29, 0.717) is 11.1 Å². The molecule has 2 aromatic carbocycles.